The molecule has 2 saturated heterocycles. The number of nitrogens with zero attached hydrogens (tertiary/aromatic N) is 1. The van der Waals surface area contributed by atoms with Gasteiger partial charge in [-0.1, -0.05) is 6.42 Å². The van der Waals surface area contributed by atoms with Crippen molar-refractivity contribution in [3.05, 3.63) is 0 Å². The van der Waals surface area contributed by atoms with Crippen molar-refractivity contribution in [3.63, 3.8) is 0 Å². The van der Waals surface area contributed by atoms with Gasteiger partial charge in [-0.15, -0.1) is 0 Å². The molecule has 2 atom stereocenters. The number of hydrogen-bond donors (Lipinski definition) is 1. The first-order valence-electron chi connectivity index (χ1n) is 7.05. The van der Waals surface area contributed by atoms with Crippen LogP contribution in [0.1, 0.15) is 39.5 Å². The molecular formula is C13H24N2O3S. The maximum atomic E-state index is 12.1. The molecule has 0 aromatic rings. The van der Waals surface area contributed by atoms with Crippen LogP contribution in [0.3, 0.4) is 0 Å². The number of hydrogen-bond acceptors (Lipinski definition) is 4. The second-order valence-electron chi connectivity index (χ2n) is 6.27. The molecule has 2 heterocycles. The highest BCUT2D eigenvalue weighted by Crippen LogP contribution is 2.23. The molecule has 2 rings (SSSR count). The lowest BCUT2D eigenvalue weighted by atomic mass is 10.0. The lowest BCUT2D eigenvalue weighted by Gasteiger charge is -2.34. The van der Waals surface area contributed by atoms with Crippen LogP contribution in [0.5, 0.6) is 0 Å². The number of sulfone groups is 1. The number of amides is 1. The molecule has 0 aliphatic carbocycles. The first-order chi connectivity index (χ1) is 8.80. The molecule has 0 spiro atoms. The average Bonchev–Trinajstić information content (AvgIpc) is 2.56. The van der Waals surface area contributed by atoms with Crippen LogP contribution in [0.15, 0.2) is 0 Å². The van der Waals surface area contributed by atoms with Gasteiger partial charge in [0.05, 0.1) is 23.6 Å². The number of rotatable bonds is 3. The predicted octanol–water partition coefficient (Wildman–Crippen LogP) is 0.554. The Hall–Kier alpha value is -0.620. The normalized spacial score (nSPS) is 35.2. The van der Waals surface area contributed by atoms with Gasteiger partial charge in [0, 0.05) is 6.04 Å². The van der Waals surface area contributed by atoms with E-state index in [0.29, 0.717) is 19.0 Å². The Kier molecular flexibility index (Phi) is 4.20. The Bertz CT molecular complexity index is 449. The van der Waals surface area contributed by atoms with Gasteiger partial charge in [0.15, 0.2) is 9.84 Å². The summed E-state index contributed by atoms with van der Waals surface area (Å²) in [5.74, 6) is 0.207. The zero-order valence-corrected chi connectivity index (χ0v) is 12.6. The molecule has 1 N–H and O–H groups in total. The van der Waals surface area contributed by atoms with Crippen LogP contribution in [0.25, 0.3) is 0 Å². The minimum Gasteiger partial charge on any atom is -0.349 e. The Labute approximate surface area is 115 Å². The van der Waals surface area contributed by atoms with E-state index in [1.165, 1.54) is 6.42 Å². The van der Waals surface area contributed by atoms with Gasteiger partial charge in [-0.2, -0.15) is 0 Å². The van der Waals surface area contributed by atoms with E-state index >= 15 is 0 Å². The standard InChI is InChI=1S/C13H24N2O3S/c1-11-5-3-4-7-15(11)9-12(16)14-13(2)6-8-19(17,18)10-13/h11H,3-10H2,1-2H3,(H,14,16)/t11-,13-/m1/s1. The molecule has 2 aliphatic heterocycles. The summed E-state index contributed by atoms with van der Waals surface area (Å²) in [6.45, 7) is 5.32. The summed E-state index contributed by atoms with van der Waals surface area (Å²) in [6, 6.07) is 0.444. The van der Waals surface area contributed by atoms with Gasteiger partial charge in [-0.3, -0.25) is 9.69 Å². The van der Waals surface area contributed by atoms with E-state index in [1.807, 2.05) is 6.92 Å². The van der Waals surface area contributed by atoms with Gasteiger partial charge < -0.3 is 5.32 Å². The van der Waals surface area contributed by atoms with E-state index in [1.54, 1.807) is 0 Å². The molecule has 0 aromatic carbocycles. The summed E-state index contributed by atoms with van der Waals surface area (Å²) >= 11 is 0. The summed E-state index contributed by atoms with van der Waals surface area (Å²) in [4.78, 5) is 14.3. The van der Waals surface area contributed by atoms with E-state index in [2.05, 4.69) is 17.1 Å². The largest absolute Gasteiger partial charge is 0.349 e. The second-order valence-corrected chi connectivity index (χ2v) is 8.45. The van der Waals surface area contributed by atoms with E-state index in [9.17, 15) is 13.2 Å². The lowest BCUT2D eigenvalue weighted by molar-refractivity contribution is -0.124. The van der Waals surface area contributed by atoms with Crippen LogP contribution >= 0.6 is 0 Å². The fourth-order valence-electron chi connectivity index (χ4n) is 3.06. The molecule has 110 valence electrons. The van der Waals surface area contributed by atoms with Crippen molar-refractivity contribution in [3.8, 4) is 0 Å². The topological polar surface area (TPSA) is 66.5 Å². The third kappa shape index (κ3) is 3.92. The lowest BCUT2D eigenvalue weighted by Crippen LogP contribution is -2.52. The predicted molar refractivity (Wildman–Crippen MR) is 74.7 cm³/mol. The van der Waals surface area contributed by atoms with Crippen LogP contribution in [-0.2, 0) is 14.6 Å². The van der Waals surface area contributed by atoms with Crippen molar-refractivity contribution >= 4 is 15.7 Å². The van der Waals surface area contributed by atoms with Gasteiger partial charge in [-0.25, -0.2) is 8.42 Å². The Morgan fingerprint density at radius 3 is 2.74 bits per heavy atom. The minimum absolute atomic E-state index is 0.0478. The maximum Gasteiger partial charge on any atom is 0.234 e. The first kappa shape index (κ1) is 14.8. The Balaban J connectivity index is 1.87. The summed E-state index contributed by atoms with van der Waals surface area (Å²) in [5.41, 5.74) is -0.574. The molecule has 0 saturated carbocycles. The van der Waals surface area contributed by atoms with Crippen molar-refractivity contribution in [2.45, 2.75) is 51.1 Å². The number of carbonyl (C=O) groups is 1. The van der Waals surface area contributed by atoms with Crippen LogP contribution < -0.4 is 5.32 Å². The molecule has 0 radical (unpaired) electrons. The SMILES string of the molecule is C[C@@H]1CCCCN1CC(=O)N[C@]1(C)CCS(=O)(=O)C1. The van der Waals surface area contributed by atoms with E-state index < -0.39 is 15.4 Å². The van der Waals surface area contributed by atoms with Gasteiger partial charge in [0.1, 0.15) is 0 Å². The van der Waals surface area contributed by atoms with Gasteiger partial charge >= 0.3 is 0 Å². The zero-order valence-electron chi connectivity index (χ0n) is 11.8. The monoisotopic (exact) mass is 288 g/mol. The number of piperidine rings is 1. The first-order valence-corrected chi connectivity index (χ1v) is 8.87. The fourth-order valence-corrected chi connectivity index (χ4v) is 5.16. The molecule has 19 heavy (non-hydrogen) atoms. The number of carbonyl (C=O) groups excluding carboxylic acids is 1. The van der Waals surface area contributed by atoms with Crippen LogP contribution in [-0.4, -0.2) is 55.4 Å². The Morgan fingerprint density at radius 1 is 1.42 bits per heavy atom. The zero-order chi connectivity index (χ0) is 14.1. The minimum atomic E-state index is -2.97. The fraction of sp³-hybridized carbons (Fsp3) is 0.923. The molecule has 0 unspecified atom stereocenters. The maximum absolute atomic E-state index is 12.1. The number of likely N-dealkylation sites (tertiary alicyclic amines) is 1. The molecule has 2 fully saturated rings. The van der Waals surface area contributed by atoms with Crippen molar-refractivity contribution in [2.24, 2.45) is 0 Å². The third-order valence-electron chi connectivity index (χ3n) is 4.23. The van der Waals surface area contributed by atoms with E-state index in [0.717, 1.165) is 19.4 Å². The highest BCUT2D eigenvalue weighted by molar-refractivity contribution is 7.91. The Morgan fingerprint density at radius 2 is 2.16 bits per heavy atom. The summed E-state index contributed by atoms with van der Waals surface area (Å²) in [5, 5.41) is 2.92. The molecule has 5 nitrogen and oxygen atoms in total. The van der Waals surface area contributed by atoms with Gasteiger partial charge in [0.2, 0.25) is 5.91 Å². The summed E-state index contributed by atoms with van der Waals surface area (Å²) < 4.78 is 23.0. The van der Waals surface area contributed by atoms with E-state index in [-0.39, 0.29) is 17.4 Å². The molecule has 2 aliphatic rings. The smallest absolute Gasteiger partial charge is 0.234 e. The number of nitrogens with one attached hydrogen (secondary N) is 1. The van der Waals surface area contributed by atoms with Crippen LogP contribution in [0.2, 0.25) is 0 Å². The van der Waals surface area contributed by atoms with Crippen molar-refractivity contribution in [1.29, 1.82) is 0 Å². The van der Waals surface area contributed by atoms with Gasteiger partial charge in [0.25, 0.3) is 0 Å². The van der Waals surface area contributed by atoms with Crippen molar-refractivity contribution in [1.82, 2.24) is 10.2 Å². The second kappa shape index (κ2) is 5.40. The average molecular weight is 288 g/mol. The molecule has 6 heteroatoms. The molecule has 0 aromatic heterocycles. The van der Waals surface area contributed by atoms with Gasteiger partial charge in [-0.05, 0) is 39.7 Å². The van der Waals surface area contributed by atoms with E-state index in [4.69, 9.17) is 0 Å². The molecular weight excluding hydrogens is 264 g/mol. The summed E-state index contributed by atoms with van der Waals surface area (Å²) in [7, 11) is -2.97. The van der Waals surface area contributed by atoms with Crippen molar-refractivity contribution < 1.29 is 13.2 Å². The highest BCUT2D eigenvalue weighted by atomic mass is 32.2. The summed E-state index contributed by atoms with van der Waals surface area (Å²) in [6.07, 6.45) is 4.04. The van der Waals surface area contributed by atoms with Crippen LogP contribution in [0.4, 0.5) is 0 Å². The molecule has 1 amide bonds. The van der Waals surface area contributed by atoms with Crippen molar-refractivity contribution in [2.75, 3.05) is 24.6 Å². The van der Waals surface area contributed by atoms with Crippen LogP contribution in [0, 0.1) is 0 Å². The molecule has 0 bridgehead atoms. The highest BCUT2D eigenvalue weighted by Gasteiger charge is 2.39. The third-order valence-corrected chi connectivity index (χ3v) is 6.13. The quantitative estimate of drug-likeness (QED) is 0.824.